The molecule has 260 valence electrons. The molecule has 0 amide bonds. The molecule has 0 radical (unpaired) electrons. The first-order valence-corrected chi connectivity index (χ1v) is 18.3. The van der Waals surface area contributed by atoms with Gasteiger partial charge in [0.1, 0.15) is 34.5 Å². The fourth-order valence-electron chi connectivity index (χ4n) is 5.33. The maximum absolute atomic E-state index is 14.7. The summed E-state index contributed by atoms with van der Waals surface area (Å²) in [7, 11) is -2.34. The number of H-pyrrole nitrogens is 2. The molecular formula is C31H38N4O11S2. The monoisotopic (exact) mass is 706 g/mol. The van der Waals surface area contributed by atoms with E-state index in [1.54, 1.807) is 0 Å². The van der Waals surface area contributed by atoms with E-state index in [2.05, 4.69) is 10.2 Å². The van der Waals surface area contributed by atoms with Gasteiger partial charge in [0.2, 0.25) is 0 Å². The van der Waals surface area contributed by atoms with Crippen LogP contribution in [0.15, 0.2) is 43.9 Å². The summed E-state index contributed by atoms with van der Waals surface area (Å²) in [6.07, 6.45) is 4.58. The normalized spacial score (nSPS) is 12.0. The molecule has 0 saturated carbocycles. The zero-order chi connectivity index (χ0) is 35.7. The third-order valence-electron chi connectivity index (χ3n) is 7.72. The van der Waals surface area contributed by atoms with E-state index in [0.717, 1.165) is 21.9 Å². The predicted octanol–water partition coefficient (Wildman–Crippen LogP) is 1.78. The number of methoxy groups -OCH3 is 2. The summed E-state index contributed by atoms with van der Waals surface area (Å²) < 4.78 is 77.4. The van der Waals surface area contributed by atoms with Gasteiger partial charge in [0.15, 0.2) is 25.5 Å². The fraction of sp³-hybridized carbons (Fsp3) is 0.387. The summed E-state index contributed by atoms with van der Waals surface area (Å²) in [6, 6.07) is 2.60. The van der Waals surface area contributed by atoms with Gasteiger partial charge in [-0.15, -0.1) is 0 Å². The molecule has 4 rings (SSSR count). The van der Waals surface area contributed by atoms with Gasteiger partial charge in [0.05, 0.1) is 24.3 Å². The highest BCUT2D eigenvalue weighted by Gasteiger charge is 2.33. The molecule has 2 N–H and O–H groups in total. The minimum absolute atomic E-state index is 0.0344. The Bertz CT molecular complexity index is 2070. The van der Waals surface area contributed by atoms with Crippen LogP contribution in [0.2, 0.25) is 0 Å². The van der Waals surface area contributed by atoms with Crippen molar-refractivity contribution in [2.75, 3.05) is 53.2 Å². The van der Waals surface area contributed by atoms with Gasteiger partial charge in [-0.25, -0.2) is 16.8 Å². The van der Waals surface area contributed by atoms with Gasteiger partial charge in [-0.2, -0.15) is 0 Å². The number of aromatic amines is 2. The Labute approximate surface area is 277 Å². The van der Waals surface area contributed by atoms with Crippen molar-refractivity contribution in [2.24, 2.45) is 14.1 Å². The van der Waals surface area contributed by atoms with Crippen molar-refractivity contribution in [3.63, 3.8) is 0 Å². The molecule has 0 unspecified atom stereocenters. The van der Waals surface area contributed by atoms with Crippen molar-refractivity contribution in [1.29, 1.82) is 0 Å². The molecule has 2 aromatic carbocycles. The summed E-state index contributed by atoms with van der Waals surface area (Å²) in [6.45, 7) is 3.02. The molecule has 0 fully saturated rings. The van der Waals surface area contributed by atoms with E-state index >= 15 is 0 Å². The smallest absolute Gasteiger partial charge is 0.274 e. The van der Waals surface area contributed by atoms with Crippen molar-refractivity contribution < 1.29 is 40.6 Å². The number of nitrogens with zero attached hydrogens (tertiary/aromatic N) is 2. The molecule has 0 aliphatic heterocycles. The van der Waals surface area contributed by atoms with E-state index < -0.39 is 36.6 Å². The molecular weight excluding hydrogens is 668 g/mol. The van der Waals surface area contributed by atoms with Crippen LogP contribution >= 0.6 is 0 Å². The number of rotatable bonds is 14. The van der Waals surface area contributed by atoms with Crippen LogP contribution in [0, 0.1) is 13.8 Å². The number of nitrogens with one attached hydrogen (secondary N) is 2. The third kappa shape index (κ3) is 6.89. The molecule has 48 heavy (non-hydrogen) atoms. The Morgan fingerprint density at radius 3 is 1.29 bits per heavy atom. The van der Waals surface area contributed by atoms with Gasteiger partial charge in [-0.05, 0) is 26.0 Å². The van der Waals surface area contributed by atoms with Crippen LogP contribution in [0.4, 0.5) is 0 Å². The van der Waals surface area contributed by atoms with E-state index in [1.807, 2.05) is 0 Å². The summed E-state index contributed by atoms with van der Waals surface area (Å²) in [4.78, 5) is 40.3. The third-order valence-corrected chi connectivity index (χ3v) is 10.0. The average Bonchev–Trinajstić information content (AvgIpc) is 3.52. The highest BCUT2D eigenvalue weighted by molar-refractivity contribution is 7.91. The topological polar surface area (TPSA) is 198 Å². The van der Waals surface area contributed by atoms with Crippen molar-refractivity contribution in [3.8, 4) is 33.8 Å². The van der Waals surface area contributed by atoms with Crippen LogP contribution in [0.1, 0.15) is 27.0 Å². The Morgan fingerprint density at radius 1 is 0.667 bits per heavy atom. The Morgan fingerprint density at radius 2 is 1.02 bits per heavy atom. The van der Waals surface area contributed by atoms with Gasteiger partial charge in [-0.3, -0.25) is 23.7 Å². The Kier molecular flexibility index (Phi) is 10.6. The number of carbonyl (C=O) groups is 1. The second kappa shape index (κ2) is 14.0. The van der Waals surface area contributed by atoms with E-state index in [9.17, 15) is 31.2 Å². The molecule has 0 saturated heterocycles. The van der Waals surface area contributed by atoms with Crippen molar-refractivity contribution in [1.82, 2.24) is 19.6 Å². The van der Waals surface area contributed by atoms with E-state index in [1.165, 1.54) is 66.7 Å². The number of aryl methyl sites for hydroxylation is 2. The maximum atomic E-state index is 14.7. The summed E-state index contributed by atoms with van der Waals surface area (Å²) in [5, 5.41) is 5.44. The second-order valence-electron chi connectivity index (χ2n) is 11.2. The first-order valence-electron chi connectivity index (χ1n) is 14.5. The van der Waals surface area contributed by atoms with E-state index in [-0.39, 0.29) is 92.2 Å². The molecule has 0 bridgehead atoms. The molecule has 4 aromatic rings. The molecule has 17 heteroatoms. The standard InChI is InChI=1S/C31H38N4O11S2/c1-17-19(13-21(23-15-32-34(3)30(23)37)28(47(7,39)40)26(17)45-11-9-43-5)25(36)20-14-22(24-16-33-35(4)31(24)38)29(48(8,41)42)27(18(20)2)46-12-10-44-6/h13-16,32-33H,9-12H2,1-8H3. The van der Waals surface area contributed by atoms with Gasteiger partial charge in [0, 0.05) is 86.6 Å². The zero-order valence-electron chi connectivity index (χ0n) is 27.8. The van der Waals surface area contributed by atoms with Crippen molar-refractivity contribution in [3.05, 3.63) is 67.5 Å². The lowest BCUT2D eigenvalue weighted by molar-refractivity contribution is 0.103. The second-order valence-corrected chi connectivity index (χ2v) is 15.1. The molecule has 2 heterocycles. The van der Waals surface area contributed by atoms with E-state index in [4.69, 9.17) is 18.9 Å². The van der Waals surface area contributed by atoms with Gasteiger partial charge in [0.25, 0.3) is 11.1 Å². The number of hydrogen-bond acceptors (Lipinski definition) is 11. The lowest BCUT2D eigenvalue weighted by Gasteiger charge is -2.21. The number of hydrogen-bond donors (Lipinski definition) is 2. The van der Waals surface area contributed by atoms with Gasteiger partial charge < -0.3 is 29.1 Å². The highest BCUT2D eigenvalue weighted by atomic mass is 32.2. The Balaban J connectivity index is 2.14. The first-order chi connectivity index (χ1) is 22.4. The number of benzene rings is 2. The van der Waals surface area contributed by atoms with Crippen LogP contribution in [0.3, 0.4) is 0 Å². The van der Waals surface area contributed by atoms with Gasteiger partial charge in [-0.1, -0.05) is 0 Å². The largest absolute Gasteiger partial charge is 0.489 e. The number of aromatic nitrogens is 4. The van der Waals surface area contributed by atoms with Crippen molar-refractivity contribution in [2.45, 2.75) is 23.6 Å². The fourth-order valence-corrected chi connectivity index (χ4v) is 7.57. The van der Waals surface area contributed by atoms with Crippen LogP contribution < -0.4 is 20.6 Å². The zero-order valence-corrected chi connectivity index (χ0v) is 29.5. The molecule has 0 aliphatic rings. The summed E-state index contributed by atoms with van der Waals surface area (Å²) in [5.41, 5.74) is -1.15. The molecule has 0 atom stereocenters. The molecule has 2 aromatic heterocycles. The SMILES string of the molecule is COCCOc1c(C)c(C(=O)c2cc(-c3c[nH]n(C)c3=O)c(S(C)(=O)=O)c(OCCOC)c2C)cc(-c2c[nH]n(C)c2=O)c1S(C)(=O)=O. The first kappa shape index (κ1) is 36.4. The minimum atomic E-state index is -4.06. The summed E-state index contributed by atoms with van der Waals surface area (Å²) in [5.74, 6) is -0.985. The lowest BCUT2D eigenvalue weighted by Crippen LogP contribution is -2.19. The van der Waals surface area contributed by atoms with Gasteiger partial charge >= 0.3 is 0 Å². The average molecular weight is 707 g/mol. The highest BCUT2D eigenvalue weighted by Crippen LogP contribution is 2.42. The van der Waals surface area contributed by atoms with E-state index in [0.29, 0.717) is 0 Å². The lowest BCUT2D eigenvalue weighted by atomic mass is 9.90. The number of sulfone groups is 2. The van der Waals surface area contributed by atoms with Crippen LogP contribution in [0.5, 0.6) is 11.5 Å². The Hall–Kier alpha value is -4.45. The maximum Gasteiger partial charge on any atom is 0.274 e. The quantitative estimate of drug-likeness (QED) is 0.143. The number of carbonyl (C=O) groups excluding carboxylic acids is 1. The predicted molar refractivity (Wildman–Crippen MR) is 177 cm³/mol. The molecule has 0 aliphatic carbocycles. The molecule has 15 nitrogen and oxygen atoms in total. The van der Waals surface area contributed by atoms with Crippen LogP contribution in [-0.2, 0) is 43.2 Å². The van der Waals surface area contributed by atoms with Crippen molar-refractivity contribution >= 4 is 25.5 Å². The van der Waals surface area contributed by atoms with Crippen LogP contribution in [-0.4, -0.2) is 95.3 Å². The minimum Gasteiger partial charge on any atom is -0.489 e. The number of ether oxygens (including phenoxy) is 4. The molecule has 0 spiro atoms. The number of ketones is 1. The van der Waals surface area contributed by atoms with Crippen LogP contribution in [0.25, 0.3) is 22.3 Å². The summed E-state index contributed by atoms with van der Waals surface area (Å²) >= 11 is 0.